The lowest BCUT2D eigenvalue weighted by molar-refractivity contribution is 0.0782. The van der Waals surface area contributed by atoms with Gasteiger partial charge in [0.15, 0.2) is 0 Å². The smallest absolute Gasteiger partial charge is 0.0784 e. The summed E-state index contributed by atoms with van der Waals surface area (Å²) in [5, 5.41) is 0. The van der Waals surface area contributed by atoms with Gasteiger partial charge in [-0.15, -0.1) is 0 Å². The summed E-state index contributed by atoms with van der Waals surface area (Å²) in [4.78, 5) is 0. The van der Waals surface area contributed by atoms with E-state index in [4.69, 9.17) is 4.74 Å². The van der Waals surface area contributed by atoms with Crippen LogP contribution in [-0.4, -0.2) is 12.7 Å². The van der Waals surface area contributed by atoms with Crippen molar-refractivity contribution < 1.29 is 4.74 Å². The Labute approximate surface area is 82.2 Å². The van der Waals surface area contributed by atoms with Crippen LogP contribution in [0.5, 0.6) is 0 Å². The Kier molecular flexibility index (Phi) is 4.51. The maximum Gasteiger partial charge on any atom is 0.0784 e. The van der Waals surface area contributed by atoms with Gasteiger partial charge in [0.1, 0.15) is 0 Å². The van der Waals surface area contributed by atoms with Crippen LogP contribution in [-0.2, 0) is 4.74 Å². The first-order chi connectivity index (χ1) is 6.25. The lowest BCUT2D eigenvalue weighted by atomic mass is 9.93. The fourth-order valence-electron chi connectivity index (χ4n) is 1.99. The van der Waals surface area contributed by atoms with Gasteiger partial charge in [0.25, 0.3) is 0 Å². The standard InChI is InChI=1S/C12H22O/c1-4-13-12-9-7-5-6-8-10(2)11(12)3/h12H,4-9H2,1-3H3/b11-10-. The van der Waals surface area contributed by atoms with Crippen molar-refractivity contribution in [2.75, 3.05) is 6.61 Å². The Morgan fingerprint density at radius 2 is 2.00 bits per heavy atom. The summed E-state index contributed by atoms with van der Waals surface area (Å²) in [5.41, 5.74) is 3.04. The second-order valence-corrected chi connectivity index (χ2v) is 4.01. The molecule has 13 heavy (non-hydrogen) atoms. The first kappa shape index (κ1) is 10.8. The van der Waals surface area contributed by atoms with Gasteiger partial charge in [-0.2, -0.15) is 0 Å². The SMILES string of the molecule is CCOC1CCCCC/C(C)=C\1C. The van der Waals surface area contributed by atoms with Gasteiger partial charge < -0.3 is 4.74 Å². The van der Waals surface area contributed by atoms with E-state index in [1.54, 1.807) is 5.57 Å². The maximum absolute atomic E-state index is 5.74. The summed E-state index contributed by atoms with van der Waals surface area (Å²) in [7, 11) is 0. The summed E-state index contributed by atoms with van der Waals surface area (Å²) in [5.74, 6) is 0. The van der Waals surface area contributed by atoms with Crippen molar-refractivity contribution in [1.82, 2.24) is 0 Å². The second-order valence-electron chi connectivity index (χ2n) is 4.01. The molecular formula is C12H22O. The fourth-order valence-corrected chi connectivity index (χ4v) is 1.99. The number of hydrogen-bond acceptors (Lipinski definition) is 1. The molecule has 0 amide bonds. The predicted octanol–water partition coefficient (Wildman–Crippen LogP) is 3.69. The monoisotopic (exact) mass is 182 g/mol. The molecule has 0 N–H and O–H groups in total. The van der Waals surface area contributed by atoms with Crippen LogP contribution in [0.2, 0.25) is 0 Å². The zero-order valence-electron chi connectivity index (χ0n) is 9.23. The van der Waals surface area contributed by atoms with E-state index in [0.29, 0.717) is 6.10 Å². The van der Waals surface area contributed by atoms with Gasteiger partial charge in [0, 0.05) is 6.61 Å². The summed E-state index contributed by atoms with van der Waals surface area (Å²) in [6, 6.07) is 0. The molecule has 0 fully saturated rings. The minimum absolute atomic E-state index is 0.408. The summed E-state index contributed by atoms with van der Waals surface area (Å²) in [6.45, 7) is 7.42. The van der Waals surface area contributed by atoms with Gasteiger partial charge in [0.2, 0.25) is 0 Å². The van der Waals surface area contributed by atoms with Gasteiger partial charge >= 0.3 is 0 Å². The van der Waals surface area contributed by atoms with Crippen LogP contribution in [0.4, 0.5) is 0 Å². The molecule has 0 saturated heterocycles. The summed E-state index contributed by atoms with van der Waals surface area (Å²) >= 11 is 0. The Morgan fingerprint density at radius 1 is 1.23 bits per heavy atom. The Bertz CT molecular complexity index is 182. The first-order valence-corrected chi connectivity index (χ1v) is 5.53. The minimum Gasteiger partial charge on any atom is -0.374 e. The van der Waals surface area contributed by atoms with E-state index in [1.165, 1.54) is 37.7 Å². The molecule has 0 bridgehead atoms. The quantitative estimate of drug-likeness (QED) is 0.592. The lowest BCUT2D eigenvalue weighted by Crippen LogP contribution is -2.17. The van der Waals surface area contributed by atoms with Gasteiger partial charge in [-0.25, -0.2) is 0 Å². The molecule has 1 unspecified atom stereocenters. The molecule has 1 nitrogen and oxygen atoms in total. The number of hydrogen-bond donors (Lipinski definition) is 0. The largest absolute Gasteiger partial charge is 0.374 e. The molecule has 76 valence electrons. The molecule has 1 rings (SSSR count). The molecule has 1 heteroatoms. The third-order valence-corrected chi connectivity index (χ3v) is 3.04. The molecule has 1 atom stereocenters. The van der Waals surface area contributed by atoms with Crippen molar-refractivity contribution >= 4 is 0 Å². The highest BCUT2D eigenvalue weighted by atomic mass is 16.5. The minimum atomic E-state index is 0.408. The molecule has 0 aromatic rings. The van der Waals surface area contributed by atoms with E-state index >= 15 is 0 Å². The van der Waals surface area contributed by atoms with Crippen LogP contribution in [0.15, 0.2) is 11.1 Å². The van der Waals surface area contributed by atoms with Crippen LogP contribution in [0.3, 0.4) is 0 Å². The molecule has 0 heterocycles. The molecule has 0 radical (unpaired) electrons. The van der Waals surface area contributed by atoms with E-state index in [-0.39, 0.29) is 0 Å². The van der Waals surface area contributed by atoms with Gasteiger partial charge in [-0.1, -0.05) is 18.4 Å². The average molecular weight is 182 g/mol. The van der Waals surface area contributed by atoms with Crippen molar-refractivity contribution in [1.29, 1.82) is 0 Å². The second kappa shape index (κ2) is 5.43. The molecule has 0 saturated carbocycles. The van der Waals surface area contributed by atoms with Crippen LogP contribution < -0.4 is 0 Å². The number of allylic oxidation sites excluding steroid dienone is 1. The predicted molar refractivity (Wildman–Crippen MR) is 56.9 cm³/mol. The lowest BCUT2D eigenvalue weighted by Gasteiger charge is -2.22. The summed E-state index contributed by atoms with van der Waals surface area (Å²) < 4.78 is 5.74. The van der Waals surface area contributed by atoms with Crippen LogP contribution in [0, 0.1) is 0 Å². The third kappa shape index (κ3) is 3.15. The molecule has 1 aliphatic carbocycles. The van der Waals surface area contributed by atoms with E-state index in [9.17, 15) is 0 Å². The highest BCUT2D eigenvalue weighted by Gasteiger charge is 2.14. The Morgan fingerprint density at radius 3 is 2.69 bits per heavy atom. The van der Waals surface area contributed by atoms with Crippen molar-refractivity contribution in [2.45, 2.75) is 59.0 Å². The fraction of sp³-hybridized carbons (Fsp3) is 0.833. The van der Waals surface area contributed by atoms with Crippen LogP contribution >= 0.6 is 0 Å². The van der Waals surface area contributed by atoms with E-state index in [1.807, 2.05) is 0 Å². The number of ether oxygens (including phenoxy) is 1. The highest BCUT2D eigenvalue weighted by molar-refractivity contribution is 5.15. The van der Waals surface area contributed by atoms with Crippen LogP contribution in [0.25, 0.3) is 0 Å². The van der Waals surface area contributed by atoms with Crippen molar-refractivity contribution in [3.63, 3.8) is 0 Å². The van der Waals surface area contributed by atoms with Crippen LogP contribution in [0.1, 0.15) is 52.9 Å². The molecular weight excluding hydrogens is 160 g/mol. The molecule has 1 aliphatic rings. The Hall–Kier alpha value is -0.300. The van der Waals surface area contributed by atoms with Crippen molar-refractivity contribution in [2.24, 2.45) is 0 Å². The van der Waals surface area contributed by atoms with Gasteiger partial charge in [0.05, 0.1) is 6.10 Å². The van der Waals surface area contributed by atoms with Crippen molar-refractivity contribution in [3.05, 3.63) is 11.1 Å². The van der Waals surface area contributed by atoms with Gasteiger partial charge in [-0.05, 0) is 45.6 Å². The first-order valence-electron chi connectivity index (χ1n) is 5.53. The maximum atomic E-state index is 5.74. The van der Waals surface area contributed by atoms with E-state index in [0.717, 1.165) is 6.61 Å². The molecule has 0 aliphatic heterocycles. The van der Waals surface area contributed by atoms with Gasteiger partial charge in [-0.3, -0.25) is 0 Å². The molecule has 0 aromatic heterocycles. The molecule has 0 aromatic carbocycles. The van der Waals surface area contributed by atoms with E-state index in [2.05, 4.69) is 20.8 Å². The summed E-state index contributed by atoms with van der Waals surface area (Å²) in [6.07, 6.45) is 6.96. The topological polar surface area (TPSA) is 9.23 Å². The number of rotatable bonds is 2. The van der Waals surface area contributed by atoms with E-state index < -0.39 is 0 Å². The third-order valence-electron chi connectivity index (χ3n) is 3.04. The Balaban J connectivity index is 2.65. The molecule has 0 spiro atoms. The van der Waals surface area contributed by atoms with Crippen molar-refractivity contribution in [3.8, 4) is 0 Å². The zero-order chi connectivity index (χ0) is 9.68. The zero-order valence-corrected chi connectivity index (χ0v) is 9.23. The highest BCUT2D eigenvalue weighted by Crippen LogP contribution is 2.24. The normalized spacial score (nSPS) is 31.2. The average Bonchev–Trinajstić information content (AvgIpc) is 2.12.